The zero-order chi connectivity index (χ0) is 9.84. The second kappa shape index (κ2) is 3.75. The largest absolute Gasteiger partial charge is 0.481 e. The predicted molar refractivity (Wildman–Crippen MR) is 46.5 cm³/mol. The van der Waals surface area contributed by atoms with Gasteiger partial charge in [-0.05, 0) is 6.07 Å². The molecule has 1 amide bonds. The Hall–Kier alpha value is -1.78. The lowest BCUT2D eigenvalue weighted by Gasteiger charge is -2.13. The number of nitrogens with one attached hydrogen (secondary N) is 1. The van der Waals surface area contributed by atoms with Crippen molar-refractivity contribution < 1.29 is 14.7 Å². The van der Waals surface area contributed by atoms with Crippen molar-refractivity contribution in [2.45, 2.75) is 6.42 Å². The Balaban J connectivity index is 2.63. The smallest absolute Gasteiger partial charge is 0.312 e. The maximum absolute atomic E-state index is 11.2. The molecule has 13 heavy (non-hydrogen) atoms. The summed E-state index contributed by atoms with van der Waals surface area (Å²) in [6.07, 6.45) is 2.81. The van der Waals surface area contributed by atoms with Crippen LogP contribution in [0, 0.1) is 0 Å². The number of amides is 1. The number of aromatic amines is 1. The predicted octanol–water partition coefficient (Wildman–Crippen LogP) is 0.452. The van der Waals surface area contributed by atoms with Crippen LogP contribution in [0.3, 0.4) is 0 Å². The monoisotopic (exact) mass is 182 g/mol. The second-order valence-electron chi connectivity index (χ2n) is 2.59. The number of carboxylic acids is 1. The van der Waals surface area contributed by atoms with Gasteiger partial charge in [0.1, 0.15) is 6.42 Å². The van der Waals surface area contributed by atoms with Crippen LogP contribution in [0.2, 0.25) is 0 Å². The average molecular weight is 182 g/mol. The third-order valence-electron chi connectivity index (χ3n) is 1.65. The first-order valence-corrected chi connectivity index (χ1v) is 3.72. The van der Waals surface area contributed by atoms with Crippen molar-refractivity contribution in [3.05, 3.63) is 18.5 Å². The number of carbonyl (C=O) groups excluding carboxylic acids is 1. The van der Waals surface area contributed by atoms with Gasteiger partial charge in [-0.3, -0.25) is 9.59 Å². The van der Waals surface area contributed by atoms with E-state index >= 15 is 0 Å². The number of nitrogens with zero attached hydrogens (tertiary/aromatic N) is 1. The standard InChI is InChI=1S/C8H10N2O3/c1-10(6-2-3-9-5-6)7(11)4-8(12)13/h2-3,5,9H,4H2,1H3,(H,12,13). The zero-order valence-corrected chi connectivity index (χ0v) is 7.15. The van der Waals surface area contributed by atoms with Crippen LogP contribution in [0.5, 0.6) is 0 Å². The molecule has 0 aliphatic carbocycles. The lowest BCUT2D eigenvalue weighted by molar-refractivity contribution is -0.140. The van der Waals surface area contributed by atoms with Crippen molar-refractivity contribution in [3.63, 3.8) is 0 Å². The summed E-state index contributed by atoms with van der Waals surface area (Å²) in [5.74, 6) is -1.56. The Morgan fingerprint density at radius 2 is 2.31 bits per heavy atom. The van der Waals surface area contributed by atoms with Crippen LogP contribution in [0.4, 0.5) is 5.69 Å². The van der Waals surface area contributed by atoms with E-state index in [-0.39, 0.29) is 0 Å². The van der Waals surface area contributed by atoms with E-state index in [1.54, 1.807) is 18.5 Å². The second-order valence-corrected chi connectivity index (χ2v) is 2.59. The van der Waals surface area contributed by atoms with Crippen molar-refractivity contribution in [1.29, 1.82) is 0 Å². The Bertz CT molecular complexity index is 305. The normalized spacial score (nSPS) is 9.62. The number of carbonyl (C=O) groups is 2. The summed E-state index contributed by atoms with van der Waals surface area (Å²) >= 11 is 0. The summed E-state index contributed by atoms with van der Waals surface area (Å²) in [5, 5.41) is 8.37. The molecule has 1 heterocycles. The number of aliphatic carboxylic acids is 1. The molecule has 0 saturated carbocycles. The fourth-order valence-electron chi connectivity index (χ4n) is 0.916. The molecule has 5 heteroatoms. The van der Waals surface area contributed by atoms with Crippen molar-refractivity contribution in [2.24, 2.45) is 0 Å². The summed E-state index contributed by atoms with van der Waals surface area (Å²) in [4.78, 5) is 25.5. The molecular weight excluding hydrogens is 172 g/mol. The minimum atomic E-state index is -1.12. The molecule has 0 aliphatic heterocycles. The van der Waals surface area contributed by atoms with E-state index in [0.717, 1.165) is 0 Å². The van der Waals surface area contributed by atoms with Crippen LogP contribution in [0.1, 0.15) is 6.42 Å². The highest BCUT2D eigenvalue weighted by Gasteiger charge is 2.14. The van der Waals surface area contributed by atoms with Gasteiger partial charge in [-0.15, -0.1) is 0 Å². The van der Waals surface area contributed by atoms with Crippen molar-refractivity contribution in [3.8, 4) is 0 Å². The van der Waals surface area contributed by atoms with Crippen molar-refractivity contribution in [2.75, 3.05) is 11.9 Å². The van der Waals surface area contributed by atoms with Crippen LogP contribution in [0.15, 0.2) is 18.5 Å². The molecular formula is C8H10N2O3. The number of hydrogen-bond acceptors (Lipinski definition) is 2. The van der Waals surface area contributed by atoms with E-state index in [2.05, 4.69) is 4.98 Å². The van der Waals surface area contributed by atoms with Gasteiger partial charge in [0.25, 0.3) is 0 Å². The number of anilines is 1. The first-order chi connectivity index (χ1) is 6.11. The van der Waals surface area contributed by atoms with Crippen LogP contribution in [-0.2, 0) is 9.59 Å². The van der Waals surface area contributed by atoms with Crippen LogP contribution in [-0.4, -0.2) is 29.0 Å². The van der Waals surface area contributed by atoms with E-state index in [1.807, 2.05) is 0 Å². The SMILES string of the molecule is CN(C(=O)CC(=O)O)c1cc[nH]c1. The summed E-state index contributed by atoms with van der Waals surface area (Å²) < 4.78 is 0. The molecule has 0 aromatic carbocycles. The first-order valence-electron chi connectivity index (χ1n) is 3.72. The highest BCUT2D eigenvalue weighted by atomic mass is 16.4. The number of aromatic nitrogens is 1. The Kier molecular flexibility index (Phi) is 2.69. The van der Waals surface area contributed by atoms with Crippen LogP contribution >= 0.6 is 0 Å². The molecule has 0 aliphatic rings. The fourth-order valence-corrected chi connectivity index (χ4v) is 0.916. The van der Waals surface area contributed by atoms with E-state index < -0.39 is 18.3 Å². The quantitative estimate of drug-likeness (QED) is 0.666. The molecule has 0 fully saturated rings. The molecule has 5 nitrogen and oxygen atoms in total. The van der Waals surface area contributed by atoms with Gasteiger partial charge in [-0.2, -0.15) is 0 Å². The van der Waals surface area contributed by atoms with Crippen LogP contribution in [0.25, 0.3) is 0 Å². The molecule has 1 aromatic heterocycles. The number of rotatable bonds is 3. The maximum atomic E-state index is 11.2. The Morgan fingerprint density at radius 3 is 2.77 bits per heavy atom. The van der Waals surface area contributed by atoms with E-state index in [0.29, 0.717) is 5.69 Å². The number of H-pyrrole nitrogens is 1. The molecule has 0 bridgehead atoms. The maximum Gasteiger partial charge on any atom is 0.312 e. The Labute approximate surface area is 75.0 Å². The number of carboxylic acid groups (broad SMARTS) is 1. The number of hydrogen-bond donors (Lipinski definition) is 2. The third-order valence-corrected chi connectivity index (χ3v) is 1.65. The molecule has 0 radical (unpaired) electrons. The molecule has 2 N–H and O–H groups in total. The fraction of sp³-hybridized carbons (Fsp3) is 0.250. The van der Waals surface area contributed by atoms with E-state index in [9.17, 15) is 9.59 Å². The molecule has 1 rings (SSSR count). The van der Waals surface area contributed by atoms with Crippen molar-refractivity contribution in [1.82, 2.24) is 4.98 Å². The summed E-state index contributed by atoms with van der Waals surface area (Å²) in [6, 6.07) is 1.69. The zero-order valence-electron chi connectivity index (χ0n) is 7.15. The van der Waals surface area contributed by atoms with Gasteiger partial charge in [0.05, 0.1) is 5.69 Å². The lowest BCUT2D eigenvalue weighted by atomic mass is 10.3. The molecule has 70 valence electrons. The minimum Gasteiger partial charge on any atom is -0.481 e. The van der Waals surface area contributed by atoms with Gasteiger partial charge >= 0.3 is 5.97 Å². The molecule has 0 unspecified atom stereocenters. The molecule has 0 spiro atoms. The molecule has 1 aromatic rings. The lowest BCUT2D eigenvalue weighted by Crippen LogP contribution is -2.27. The van der Waals surface area contributed by atoms with Gasteiger partial charge < -0.3 is 15.0 Å². The van der Waals surface area contributed by atoms with Gasteiger partial charge in [-0.1, -0.05) is 0 Å². The topological polar surface area (TPSA) is 73.4 Å². The highest BCUT2D eigenvalue weighted by molar-refractivity contribution is 6.02. The van der Waals surface area contributed by atoms with Crippen molar-refractivity contribution >= 4 is 17.6 Å². The minimum absolute atomic E-state index is 0.438. The van der Waals surface area contributed by atoms with Gasteiger partial charge in [0, 0.05) is 19.4 Å². The summed E-state index contributed by atoms with van der Waals surface area (Å²) in [5.41, 5.74) is 0.659. The average Bonchev–Trinajstić information content (AvgIpc) is 2.53. The van der Waals surface area contributed by atoms with Gasteiger partial charge in [0.15, 0.2) is 0 Å². The summed E-state index contributed by atoms with van der Waals surface area (Å²) in [6.45, 7) is 0. The summed E-state index contributed by atoms with van der Waals surface area (Å²) in [7, 11) is 1.54. The van der Waals surface area contributed by atoms with E-state index in [4.69, 9.17) is 5.11 Å². The highest BCUT2D eigenvalue weighted by Crippen LogP contribution is 2.10. The molecule has 0 saturated heterocycles. The van der Waals surface area contributed by atoms with Gasteiger partial charge in [-0.25, -0.2) is 0 Å². The third kappa shape index (κ3) is 2.33. The van der Waals surface area contributed by atoms with Gasteiger partial charge in [0.2, 0.25) is 5.91 Å². The Morgan fingerprint density at radius 1 is 1.62 bits per heavy atom. The van der Waals surface area contributed by atoms with Crippen LogP contribution < -0.4 is 4.90 Å². The van der Waals surface area contributed by atoms with E-state index in [1.165, 1.54) is 11.9 Å². The molecule has 0 atom stereocenters. The first kappa shape index (κ1) is 9.31.